The van der Waals surface area contributed by atoms with Gasteiger partial charge >= 0.3 is 5.97 Å². The number of carbonyl (C=O) groups is 1. The summed E-state index contributed by atoms with van der Waals surface area (Å²) in [4.78, 5) is 15.3. The summed E-state index contributed by atoms with van der Waals surface area (Å²) in [5.74, 6) is -0.953. The first-order chi connectivity index (χ1) is 6.79. The lowest BCUT2D eigenvalue weighted by atomic mass is 10.1. The van der Waals surface area contributed by atoms with Gasteiger partial charge in [0.15, 0.2) is 0 Å². The first kappa shape index (κ1) is 8.83. The van der Waals surface area contributed by atoms with Crippen molar-refractivity contribution >= 4 is 17.5 Å². The van der Waals surface area contributed by atoms with E-state index in [0.29, 0.717) is 4.88 Å². The summed E-state index contributed by atoms with van der Waals surface area (Å²) in [6.07, 6.45) is 4.62. The topological polar surface area (TPSA) is 63.1 Å². The highest BCUT2D eigenvalue weighted by Crippen LogP contribution is 2.26. The fraction of sp³-hybridized carbons (Fsp3) is 0. The maximum absolute atomic E-state index is 10.8. The van der Waals surface area contributed by atoms with E-state index in [1.807, 2.05) is 0 Å². The Morgan fingerprint density at radius 2 is 2.07 bits per heavy atom. The van der Waals surface area contributed by atoms with Gasteiger partial charge < -0.3 is 5.11 Å². The molecule has 0 amide bonds. The van der Waals surface area contributed by atoms with Crippen molar-refractivity contribution in [3.63, 3.8) is 0 Å². The van der Waals surface area contributed by atoms with Crippen LogP contribution in [0.25, 0.3) is 10.4 Å². The standard InChI is InChI=1S/C9H6N2O2S/c12-9(13)7-5-11-14-8(7)6-1-3-10-4-2-6/h1-5H,(H,12,13). The third-order valence-electron chi connectivity index (χ3n) is 1.74. The fourth-order valence-electron chi connectivity index (χ4n) is 1.10. The number of carboxylic acid groups (broad SMARTS) is 1. The van der Waals surface area contributed by atoms with Crippen molar-refractivity contribution in [3.8, 4) is 10.4 Å². The van der Waals surface area contributed by atoms with Crippen LogP contribution in [0.5, 0.6) is 0 Å². The van der Waals surface area contributed by atoms with Crippen LogP contribution in [-0.4, -0.2) is 20.4 Å². The van der Waals surface area contributed by atoms with E-state index < -0.39 is 5.97 Å². The van der Waals surface area contributed by atoms with Crippen LogP contribution in [0.4, 0.5) is 0 Å². The summed E-state index contributed by atoms with van der Waals surface area (Å²) < 4.78 is 3.86. The van der Waals surface area contributed by atoms with Crippen molar-refractivity contribution in [3.05, 3.63) is 36.3 Å². The first-order valence-corrected chi connectivity index (χ1v) is 4.65. The molecule has 0 aliphatic rings. The largest absolute Gasteiger partial charge is 0.478 e. The van der Waals surface area contributed by atoms with Crippen LogP contribution in [0.2, 0.25) is 0 Å². The second-order valence-electron chi connectivity index (χ2n) is 2.61. The Kier molecular flexibility index (Phi) is 2.24. The van der Waals surface area contributed by atoms with Crippen LogP contribution in [0.3, 0.4) is 0 Å². The Morgan fingerprint density at radius 1 is 1.36 bits per heavy atom. The molecule has 4 nitrogen and oxygen atoms in total. The van der Waals surface area contributed by atoms with Crippen molar-refractivity contribution in [1.29, 1.82) is 0 Å². The van der Waals surface area contributed by atoms with Crippen molar-refractivity contribution in [1.82, 2.24) is 9.36 Å². The quantitative estimate of drug-likeness (QED) is 0.815. The number of rotatable bonds is 2. The maximum Gasteiger partial charge on any atom is 0.338 e. The smallest absolute Gasteiger partial charge is 0.338 e. The number of pyridine rings is 1. The van der Waals surface area contributed by atoms with E-state index in [2.05, 4.69) is 9.36 Å². The van der Waals surface area contributed by atoms with Crippen LogP contribution < -0.4 is 0 Å². The van der Waals surface area contributed by atoms with E-state index in [4.69, 9.17) is 5.11 Å². The Balaban J connectivity index is 2.52. The Bertz CT molecular complexity index is 453. The van der Waals surface area contributed by atoms with Crippen LogP contribution >= 0.6 is 11.5 Å². The molecule has 0 saturated carbocycles. The molecule has 14 heavy (non-hydrogen) atoms. The zero-order valence-corrected chi connectivity index (χ0v) is 7.86. The van der Waals surface area contributed by atoms with Gasteiger partial charge in [-0.05, 0) is 29.2 Å². The molecule has 0 aliphatic heterocycles. The van der Waals surface area contributed by atoms with Gasteiger partial charge in [0, 0.05) is 12.4 Å². The van der Waals surface area contributed by atoms with Crippen LogP contribution in [0, 0.1) is 0 Å². The van der Waals surface area contributed by atoms with E-state index >= 15 is 0 Å². The average molecular weight is 206 g/mol. The van der Waals surface area contributed by atoms with E-state index in [-0.39, 0.29) is 5.56 Å². The number of carboxylic acids is 1. The molecular weight excluding hydrogens is 200 g/mol. The summed E-state index contributed by atoms with van der Waals surface area (Å²) >= 11 is 1.17. The third-order valence-corrected chi connectivity index (χ3v) is 2.59. The van der Waals surface area contributed by atoms with Crippen LogP contribution in [0.1, 0.15) is 10.4 Å². The average Bonchev–Trinajstić information content (AvgIpc) is 2.67. The molecule has 2 aromatic rings. The molecule has 0 aliphatic carbocycles. The molecule has 2 heterocycles. The molecule has 0 spiro atoms. The fourth-order valence-corrected chi connectivity index (χ4v) is 1.85. The SMILES string of the molecule is O=C(O)c1cnsc1-c1ccncc1. The van der Waals surface area contributed by atoms with Gasteiger partial charge in [0.2, 0.25) is 0 Å². The van der Waals surface area contributed by atoms with Gasteiger partial charge in [-0.15, -0.1) is 0 Å². The molecule has 0 atom stereocenters. The molecule has 1 N–H and O–H groups in total. The number of hydrogen-bond acceptors (Lipinski definition) is 4. The molecule has 0 bridgehead atoms. The van der Waals surface area contributed by atoms with Crippen LogP contribution in [0.15, 0.2) is 30.7 Å². The van der Waals surface area contributed by atoms with E-state index in [1.54, 1.807) is 24.5 Å². The monoisotopic (exact) mass is 206 g/mol. The zero-order chi connectivity index (χ0) is 9.97. The summed E-state index contributed by atoms with van der Waals surface area (Å²) in [6, 6.07) is 3.53. The molecule has 0 fully saturated rings. The molecule has 0 radical (unpaired) electrons. The summed E-state index contributed by atoms with van der Waals surface area (Å²) in [5.41, 5.74) is 1.07. The minimum absolute atomic E-state index is 0.237. The molecule has 2 rings (SSSR count). The number of aromatic nitrogens is 2. The predicted octanol–water partition coefficient (Wildman–Crippen LogP) is 1.90. The van der Waals surface area contributed by atoms with Gasteiger partial charge in [0.1, 0.15) is 0 Å². The summed E-state index contributed by atoms with van der Waals surface area (Å²) in [5, 5.41) is 8.87. The Morgan fingerprint density at radius 3 is 2.71 bits per heavy atom. The molecule has 0 saturated heterocycles. The number of nitrogens with zero attached hydrogens (tertiary/aromatic N) is 2. The first-order valence-electron chi connectivity index (χ1n) is 3.87. The molecule has 5 heteroatoms. The van der Waals surface area contributed by atoms with Gasteiger partial charge in [0.05, 0.1) is 16.6 Å². The predicted molar refractivity (Wildman–Crippen MR) is 52.3 cm³/mol. The Labute approximate surface area is 84.0 Å². The van der Waals surface area contributed by atoms with E-state index in [1.165, 1.54) is 17.7 Å². The second kappa shape index (κ2) is 3.55. The lowest BCUT2D eigenvalue weighted by molar-refractivity contribution is 0.0698. The van der Waals surface area contributed by atoms with E-state index in [0.717, 1.165) is 5.56 Å². The highest BCUT2D eigenvalue weighted by atomic mass is 32.1. The van der Waals surface area contributed by atoms with Crippen molar-refractivity contribution in [2.75, 3.05) is 0 Å². The van der Waals surface area contributed by atoms with E-state index in [9.17, 15) is 4.79 Å². The Hall–Kier alpha value is -1.75. The van der Waals surface area contributed by atoms with Gasteiger partial charge in [-0.2, -0.15) is 4.37 Å². The van der Waals surface area contributed by atoms with Gasteiger partial charge in [-0.1, -0.05) is 0 Å². The molecule has 2 aromatic heterocycles. The maximum atomic E-state index is 10.8. The highest BCUT2D eigenvalue weighted by molar-refractivity contribution is 7.10. The lowest BCUT2D eigenvalue weighted by Crippen LogP contribution is -1.95. The van der Waals surface area contributed by atoms with Crippen LogP contribution in [-0.2, 0) is 0 Å². The van der Waals surface area contributed by atoms with Crippen molar-refractivity contribution in [2.24, 2.45) is 0 Å². The third kappa shape index (κ3) is 1.49. The second-order valence-corrected chi connectivity index (χ2v) is 3.41. The van der Waals surface area contributed by atoms with Gasteiger partial charge in [-0.25, -0.2) is 4.79 Å². The zero-order valence-electron chi connectivity index (χ0n) is 7.04. The molecule has 70 valence electrons. The minimum atomic E-state index is -0.953. The van der Waals surface area contributed by atoms with Crippen molar-refractivity contribution < 1.29 is 9.90 Å². The minimum Gasteiger partial charge on any atom is -0.478 e. The number of hydrogen-bond donors (Lipinski definition) is 1. The molecule has 0 unspecified atom stereocenters. The van der Waals surface area contributed by atoms with Gasteiger partial charge in [-0.3, -0.25) is 4.98 Å². The normalized spacial score (nSPS) is 10.0. The lowest BCUT2D eigenvalue weighted by Gasteiger charge is -1.96. The van der Waals surface area contributed by atoms with Gasteiger partial charge in [0.25, 0.3) is 0 Å². The summed E-state index contributed by atoms with van der Waals surface area (Å²) in [7, 11) is 0. The molecule has 0 aromatic carbocycles. The highest BCUT2D eigenvalue weighted by Gasteiger charge is 2.13. The molecular formula is C9H6N2O2S. The summed E-state index contributed by atoms with van der Waals surface area (Å²) in [6.45, 7) is 0. The van der Waals surface area contributed by atoms with Crippen molar-refractivity contribution in [2.45, 2.75) is 0 Å². The number of aromatic carboxylic acids is 1.